The molecular formula is C27H30O15. The first-order valence-electron chi connectivity index (χ1n) is 12.9. The van der Waals surface area contributed by atoms with E-state index in [1.54, 1.807) is 0 Å². The van der Waals surface area contributed by atoms with Crippen LogP contribution in [0.4, 0.5) is 0 Å². The van der Waals surface area contributed by atoms with Crippen molar-refractivity contribution in [2.75, 3.05) is 6.61 Å². The summed E-state index contributed by atoms with van der Waals surface area (Å²) in [4.78, 5) is 13.7. The zero-order valence-electron chi connectivity index (χ0n) is 21.9. The highest BCUT2D eigenvalue weighted by molar-refractivity contribution is 5.88. The van der Waals surface area contributed by atoms with Crippen LogP contribution in [-0.2, 0) is 14.2 Å². The molecule has 0 saturated carbocycles. The lowest BCUT2D eigenvalue weighted by molar-refractivity contribution is -0.355. The van der Waals surface area contributed by atoms with Crippen LogP contribution in [0.5, 0.6) is 23.0 Å². The molecule has 15 nitrogen and oxygen atoms in total. The van der Waals surface area contributed by atoms with Gasteiger partial charge in [0.1, 0.15) is 64.8 Å². The number of rotatable bonds is 6. The number of ether oxygens (including phenoxy) is 4. The van der Waals surface area contributed by atoms with Crippen molar-refractivity contribution in [2.45, 2.75) is 68.3 Å². The van der Waals surface area contributed by atoms with Gasteiger partial charge in [-0.25, -0.2) is 0 Å². The molecule has 42 heavy (non-hydrogen) atoms. The molecule has 2 fully saturated rings. The second kappa shape index (κ2) is 11.6. The van der Waals surface area contributed by atoms with E-state index in [1.807, 2.05) is 0 Å². The average Bonchev–Trinajstić information content (AvgIpc) is 2.95. The maximum absolute atomic E-state index is 13.7. The zero-order valence-corrected chi connectivity index (χ0v) is 21.9. The summed E-state index contributed by atoms with van der Waals surface area (Å²) in [6, 6.07) is 7.38. The molecule has 3 aromatic rings. The predicted molar refractivity (Wildman–Crippen MR) is 139 cm³/mol. The maximum Gasteiger partial charge on any atom is 0.239 e. The van der Waals surface area contributed by atoms with Crippen LogP contribution < -0.4 is 10.2 Å². The molecule has 2 aliphatic rings. The largest absolute Gasteiger partial charge is 0.508 e. The molecule has 0 unspecified atom stereocenters. The number of aromatic hydroxyl groups is 3. The SMILES string of the molecule is C[C@H]1O[C@@H](Oc2c(-c3ccc(O)cc3)oc3cc(O)cc(O)c3c2=O)[C@@H](O[C@@H]2O[C@H](CO)[C@H](O)[C@@H](O)[C@@H]2O)[C@H](O)[C@H]1O. The van der Waals surface area contributed by atoms with Crippen LogP contribution in [0.3, 0.4) is 0 Å². The summed E-state index contributed by atoms with van der Waals surface area (Å²) in [5.74, 6) is -1.93. The van der Waals surface area contributed by atoms with Crippen LogP contribution in [0.1, 0.15) is 6.92 Å². The number of benzene rings is 2. The second-order valence-corrected chi connectivity index (χ2v) is 10.1. The van der Waals surface area contributed by atoms with Gasteiger partial charge in [-0.3, -0.25) is 4.79 Å². The van der Waals surface area contributed by atoms with Gasteiger partial charge >= 0.3 is 0 Å². The van der Waals surface area contributed by atoms with Crippen molar-refractivity contribution in [1.29, 1.82) is 0 Å². The number of fused-ring (bicyclic) bond motifs is 1. The van der Waals surface area contributed by atoms with E-state index >= 15 is 0 Å². The zero-order chi connectivity index (χ0) is 30.5. The number of aliphatic hydroxyl groups is 6. The second-order valence-electron chi connectivity index (χ2n) is 10.1. The molecule has 2 aromatic carbocycles. The fourth-order valence-corrected chi connectivity index (χ4v) is 4.87. The van der Waals surface area contributed by atoms with Crippen molar-refractivity contribution in [2.24, 2.45) is 0 Å². The first-order valence-corrected chi connectivity index (χ1v) is 12.9. The normalized spacial score (nSPS) is 33.5. The molecule has 0 bridgehead atoms. The molecule has 3 heterocycles. The molecule has 5 rings (SSSR count). The van der Waals surface area contributed by atoms with Gasteiger partial charge in [0.25, 0.3) is 0 Å². The average molecular weight is 595 g/mol. The fraction of sp³-hybridized carbons (Fsp3) is 0.444. The Morgan fingerprint density at radius 3 is 2.17 bits per heavy atom. The molecule has 2 aliphatic heterocycles. The standard InChI is InChI=1S/C27H30O15/c1-9-17(32)21(36)25(42-26-22(37)20(35)18(33)15(8-28)40-26)27(38-9)41-24-19(34)16-13(31)6-12(30)7-14(16)39-23(24)10-2-4-11(29)5-3-10/h2-7,9,15,17-18,20-22,25-33,35-37H,8H2,1H3/t9-,15-,17+,18+,20-,21-,22+,25+,26+,27+/m1/s1. The lowest BCUT2D eigenvalue weighted by Gasteiger charge is -2.45. The maximum atomic E-state index is 13.7. The summed E-state index contributed by atoms with van der Waals surface area (Å²) in [5.41, 5.74) is -0.934. The highest BCUT2D eigenvalue weighted by Gasteiger charge is 2.51. The molecule has 0 aliphatic carbocycles. The quantitative estimate of drug-likeness (QED) is 0.159. The Morgan fingerprint density at radius 1 is 0.810 bits per heavy atom. The summed E-state index contributed by atoms with van der Waals surface area (Å²) < 4.78 is 28.5. The Bertz CT molecular complexity index is 1470. The Labute approximate surface area is 236 Å². The molecular weight excluding hydrogens is 564 g/mol. The van der Waals surface area contributed by atoms with E-state index in [-0.39, 0.29) is 28.0 Å². The Balaban J connectivity index is 1.58. The summed E-state index contributed by atoms with van der Waals surface area (Å²) in [6.07, 6.45) is -16.4. The molecule has 10 atom stereocenters. The summed E-state index contributed by atoms with van der Waals surface area (Å²) in [6.45, 7) is 0.633. The third kappa shape index (κ3) is 5.37. The van der Waals surface area contributed by atoms with Crippen LogP contribution in [-0.4, -0.2) is 114 Å². The molecule has 1 aromatic heterocycles. The van der Waals surface area contributed by atoms with E-state index in [0.29, 0.717) is 0 Å². The van der Waals surface area contributed by atoms with Crippen molar-refractivity contribution < 1.29 is 69.3 Å². The Kier molecular flexibility index (Phi) is 8.30. The third-order valence-corrected chi connectivity index (χ3v) is 7.21. The van der Waals surface area contributed by atoms with Crippen LogP contribution >= 0.6 is 0 Å². The van der Waals surface area contributed by atoms with Crippen molar-refractivity contribution >= 4 is 11.0 Å². The smallest absolute Gasteiger partial charge is 0.239 e. The van der Waals surface area contributed by atoms with Crippen molar-refractivity contribution in [3.8, 4) is 34.3 Å². The van der Waals surface area contributed by atoms with Crippen LogP contribution in [0.15, 0.2) is 45.6 Å². The summed E-state index contributed by atoms with van der Waals surface area (Å²) in [5, 5.41) is 91.4. The van der Waals surface area contributed by atoms with Crippen LogP contribution in [0.2, 0.25) is 0 Å². The molecule has 0 amide bonds. The summed E-state index contributed by atoms with van der Waals surface area (Å²) in [7, 11) is 0. The van der Waals surface area contributed by atoms with E-state index < -0.39 is 90.7 Å². The van der Waals surface area contributed by atoms with Gasteiger partial charge in [-0.15, -0.1) is 0 Å². The minimum Gasteiger partial charge on any atom is -0.508 e. The number of phenolic OH excluding ortho intramolecular Hbond substituents is 3. The molecule has 2 saturated heterocycles. The van der Waals surface area contributed by atoms with Gasteiger partial charge in [-0.05, 0) is 31.2 Å². The highest BCUT2D eigenvalue weighted by Crippen LogP contribution is 2.38. The van der Waals surface area contributed by atoms with Crippen LogP contribution in [0.25, 0.3) is 22.3 Å². The highest BCUT2D eigenvalue weighted by atomic mass is 16.8. The Morgan fingerprint density at radius 2 is 1.50 bits per heavy atom. The van der Waals surface area contributed by atoms with E-state index in [4.69, 9.17) is 23.4 Å². The molecule has 15 heteroatoms. The van der Waals surface area contributed by atoms with E-state index in [1.165, 1.54) is 31.2 Å². The topological polar surface area (TPSA) is 249 Å². The lowest BCUT2D eigenvalue weighted by atomic mass is 9.97. The van der Waals surface area contributed by atoms with Crippen molar-refractivity contribution in [3.05, 3.63) is 46.6 Å². The minimum absolute atomic E-state index is 0.103. The summed E-state index contributed by atoms with van der Waals surface area (Å²) >= 11 is 0. The van der Waals surface area contributed by atoms with Gasteiger partial charge in [0, 0.05) is 17.7 Å². The van der Waals surface area contributed by atoms with Gasteiger partial charge in [0.15, 0.2) is 18.2 Å². The molecule has 9 N–H and O–H groups in total. The Hall–Kier alpha value is -3.51. The molecule has 0 radical (unpaired) electrons. The number of hydrogen-bond donors (Lipinski definition) is 9. The van der Waals surface area contributed by atoms with E-state index in [9.17, 15) is 50.8 Å². The van der Waals surface area contributed by atoms with Gasteiger partial charge < -0.3 is 69.3 Å². The fourth-order valence-electron chi connectivity index (χ4n) is 4.87. The van der Waals surface area contributed by atoms with Gasteiger partial charge in [-0.2, -0.15) is 0 Å². The van der Waals surface area contributed by atoms with Crippen molar-refractivity contribution in [1.82, 2.24) is 0 Å². The molecule has 0 spiro atoms. The number of aliphatic hydroxyl groups excluding tert-OH is 6. The van der Waals surface area contributed by atoms with Gasteiger partial charge in [0.2, 0.25) is 17.5 Å². The minimum atomic E-state index is -1.88. The van der Waals surface area contributed by atoms with Crippen LogP contribution in [0, 0.1) is 0 Å². The molecule has 228 valence electrons. The monoisotopic (exact) mass is 594 g/mol. The third-order valence-electron chi connectivity index (χ3n) is 7.21. The first kappa shape index (κ1) is 30.0. The van der Waals surface area contributed by atoms with Crippen molar-refractivity contribution in [3.63, 3.8) is 0 Å². The van der Waals surface area contributed by atoms with Gasteiger partial charge in [-0.1, -0.05) is 0 Å². The first-order chi connectivity index (χ1) is 19.9. The van der Waals surface area contributed by atoms with Gasteiger partial charge in [0.05, 0.1) is 12.7 Å². The predicted octanol–water partition coefficient (Wildman–Crippen LogP) is -1.39. The van der Waals surface area contributed by atoms with E-state index in [0.717, 1.165) is 12.1 Å². The number of phenols is 3. The lowest BCUT2D eigenvalue weighted by Crippen LogP contribution is -2.64. The number of hydrogen-bond acceptors (Lipinski definition) is 15. The van der Waals surface area contributed by atoms with E-state index in [2.05, 4.69) is 0 Å².